The molecule has 1 aromatic rings. The quantitative estimate of drug-likeness (QED) is 0.606. The van der Waals surface area contributed by atoms with Crippen molar-refractivity contribution in [2.24, 2.45) is 11.3 Å². The van der Waals surface area contributed by atoms with Crippen LogP contribution in [0.4, 0.5) is 0 Å². The van der Waals surface area contributed by atoms with E-state index < -0.39 is 15.0 Å². The smallest absolute Gasteiger partial charge is 0.335 e. The normalized spacial score (nSPS) is 22.2. The summed E-state index contributed by atoms with van der Waals surface area (Å²) in [6.45, 7) is 11.8. The second-order valence-electron chi connectivity index (χ2n) is 7.63. The van der Waals surface area contributed by atoms with E-state index in [9.17, 15) is 4.79 Å². The van der Waals surface area contributed by atoms with Crippen LogP contribution in [0.1, 0.15) is 49.2 Å². The van der Waals surface area contributed by atoms with Crippen LogP contribution in [0.25, 0.3) is 0 Å². The number of rotatable bonds is 7. The Hall–Kier alpha value is -1.17. The van der Waals surface area contributed by atoms with Crippen LogP contribution in [0.2, 0.25) is 13.1 Å². The summed E-state index contributed by atoms with van der Waals surface area (Å²) in [6, 6.07) is 7.08. The molecule has 0 bridgehead atoms. The van der Waals surface area contributed by atoms with Gasteiger partial charge in [-0.05, 0) is 48.5 Å². The molecule has 0 saturated carbocycles. The van der Waals surface area contributed by atoms with Crippen molar-refractivity contribution in [1.29, 1.82) is 0 Å². The summed E-state index contributed by atoms with van der Waals surface area (Å²) in [5.41, 5.74) is 1.41. The van der Waals surface area contributed by atoms with Crippen LogP contribution < -0.4 is 0 Å². The lowest BCUT2D eigenvalue weighted by Crippen LogP contribution is -2.28. The van der Waals surface area contributed by atoms with E-state index in [1.807, 2.05) is 6.07 Å². The number of hydrogen-bond donors (Lipinski definition) is 1. The van der Waals surface area contributed by atoms with Gasteiger partial charge in [-0.2, -0.15) is 0 Å². The molecule has 0 aromatic heterocycles. The molecular formula is C18H28O4Si. The van der Waals surface area contributed by atoms with Gasteiger partial charge in [0.2, 0.25) is 0 Å². The van der Waals surface area contributed by atoms with Gasteiger partial charge in [0.1, 0.15) is 6.10 Å². The number of carbonyl (C=O) groups is 1. The van der Waals surface area contributed by atoms with Crippen molar-refractivity contribution >= 4 is 15.0 Å². The Bertz CT molecular complexity index is 550. The largest absolute Gasteiger partial charge is 0.478 e. The van der Waals surface area contributed by atoms with Gasteiger partial charge >= 0.3 is 5.97 Å². The molecule has 1 fully saturated rings. The van der Waals surface area contributed by atoms with Crippen molar-refractivity contribution in [3.8, 4) is 0 Å². The highest BCUT2D eigenvalue weighted by molar-refractivity contribution is 6.48. The molecule has 0 amide bonds. The van der Waals surface area contributed by atoms with Gasteiger partial charge in [0.15, 0.2) is 9.04 Å². The molecule has 0 radical (unpaired) electrons. The van der Waals surface area contributed by atoms with Crippen molar-refractivity contribution in [3.63, 3.8) is 0 Å². The molecule has 23 heavy (non-hydrogen) atoms. The van der Waals surface area contributed by atoms with Gasteiger partial charge in [0, 0.05) is 6.61 Å². The molecule has 1 aliphatic heterocycles. The summed E-state index contributed by atoms with van der Waals surface area (Å²) >= 11 is 0. The van der Waals surface area contributed by atoms with Gasteiger partial charge in [0.25, 0.3) is 0 Å². The van der Waals surface area contributed by atoms with Gasteiger partial charge in [-0.15, -0.1) is 0 Å². The van der Waals surface area contributed by atoms with Crippen LogP contribution in [-0.2, 0) is 9.16 Å². The summed E-state index contributed by atoms with van der Waals surface area (Å²) in [5, 5.41) is 9.13. The van der Waals surface area contributed by atoms with E-state index in [0.717, 1.165) is 18.6 Å². The van der Waals surface area contributed by atoms with Crippen LogP contribution >= 0.6 is 0 Å². The third-order valence-corrected chi connectivity index (χ3v) is 5.28. The summed E-state index contributed by atoms with van der Waals surface area (Å²) < 4.78 is 11.8. The molecule has 3 atom stereocenters. The number of hydrogen-bond acceptors (Lipinski definition) is 3. The first-order valence-corrected chi connectivity index (χ1v) is 11.1. The zero-order chi connectivity index (χ0) is 17.2. The van der Waals surface area contributed by atoms with Crippen molar-refractivity contribution < 1.29 is 19.1 Å². The highest BCUT2D eigenvalue weighted by atomic mass is 28.3. The average molecular weight is 337 g/mol. The maximum atomic E-state index is 11.1. The van der Waals surface area contributed by atoms with Crippen LogP contribution in [0, 0.1) is 11.3 Å². The number of aromatic carboxylic acids is 1. The van der Waals surface area contributed by atoms with Crippen LogP contribution in [0.5, 0.6) is 0 Å². The van der Waals surface area contributed by atoms with E-state index in [4.69, 9.17) is 14.3 Å². The Morgan fingerprint density at radius 1 is 1.39 bits per heavy atom. The van der Waals surface area contributed by atoms with Crippen LogP contribution in [0.15, 0.2) is 24.3 Å². The van der Waals surface area contributed by atoms with Gasteiger partial charge in [-0.3, -0.25) is 0 Å². The predicted molar refractivity (Wildman–Crippen MR) is 93.4 cm³/mol. The van der Waals surface area contributed by atoms with Crippen LogP contribution in [-0.4, -0.2) is 32.8 Å². The number of ether oxygens (including phenoxy) is 1. The minimum absolute atomic E-state index is 0.00909. The summed E-state index contributed by atoms with van der Waals surface area (Å²) in [4.78, 5) is 11.1. The van der Waals surface area contributed by atoms with E-state index in [0.29, 0.717) is 11.5 Å². The zero-order valence-corrected chi connectivity index (χ0v) is 15.9. The molecule has 0 spiro atoms. The van der Waals surface area contributed by atoms with Crippen molar-refractivity contribution in [2.45, 2.75) is 52.5 Å². The third kappa shape index (κ3) is 4.90. The van der Waals surface area contributed by atoms with Gasteiger partial charge in [-0.1, -0.05) is 32.9 Å². The molecule has 1 aromatic carbocycles. The lowest BCUT2D eigenvalue weighted by atomic mass is 9.75. The first-order valence-electron chi connectivity index (χ1n) is 8.30. The molecule has 1 unspecified atom stereocenters. The van der Waals surface area contributed by atoms with Crippen molar-refractivity contribution in [2.75, 3.05) is 6.61 Å². The van der Waals surface area contributed by atoms with Crippen molar-refractivity contribution in [1.82, 2.24) is 0 Å². The standard InChI is InChI=1S/C18H28O4Si/c1-18(2,3)14(9-10-21-23(4)5)16-15(22-16)12-7-6-8-13(11-12)17(19)20/h6-8,11,14-16,23H,9-10H2,1-5H3,(H,19,20)/t14?,15-,16-/m0/s1. The highest BCUT2D eigenvalue weighted by Gasteiger charge is 2.49. The number of carboxylic acids is 1. The fraction of sp³-hybridized carbons (Fsp3) is 0.611. The number of epoxide rings is 1. The molecule has 4 nitrogen and oxygen atoms in total. The maximum absolute atomic E-state index is 11.1. The predicted octanol–water partition coefficient (Wildman–Crippen LogP) is 3.88. The van der Waals surface area contributed by atoms with Gasteiger partial charge < -0.3 is 14.3 Å². The Balaban J connectivity index is 2.05. The molecular weight excluding hydrogens is 308 g/mol. The zero-order valence-electron chi connectivity index (χ0n) is 14.7. The minimum Gasteiger partial charge on any atom is -0.478 e. The number of benzene rings is 1. The summed E-state index contributed by atoms with van der Waals surface area (Å²) in [6.07, 6.45) is 1.14. The average Bonchev–Trinajstić information content (AvgIpc) is 3.22. The van der Waals surface area contributed by atoms with Gasteiger partial charge in [-0.25, -0.2) is 4.79 Å². The summed E-state index contributed by atoms with van der Waals surface area (Å²) in [7, 11) is -0.994. The van der Waals surface area contributed by atoms with E-state index in [-0.39, 0.29) is 17.6 Å². The van der Waals surface area contributed by atoms with E-state index >= 15 is 0 Å². The first kappa shape index (κ1) is 18.2. The second-order valence-corrected chi connectivity index (χ2v) is 10.1. The highest BCUT2D eigenvalue weighted by Crippen LogP contribution is 2.50. The lowest BCUT2D eigenvalue weighted by molar-refractivity contribution is 0.0696. The summed E-state index contributed by atoms with van der Waals surface area (Å²) in [5.74, 6) is -0.500. The Kier molecular flexibility index (Phi) is 5.65. The fourth-order valence-corrected chi connectivity index (χ4v) is 3.67. The Labute approximate surface area is 140 Å². The van der Waals surface area contributed by atoms with E-state index in [1.54, 1.807) is 18.2 Å². The maximum Gasteiger partial charge on any atom is 0.335 e. The molecule has 1 N–H and O–H groups in total. The SMILES string of the molecule is C[SiH](C)OCCC([C@@H]1O[C@H]1c1cccc(C(=O)O)c1)C(C)(C)C. The topological polar surface area (TPSA) is 59.1 Å². The van der Waals surface area contributed by atoms with Crippen LogP contribution in [0.3, 0.4) is 0 Å². The molecule has 128 valence electrons. The molecule has 5 heteroatoms. The number of carboxylic acid groups (broad SMARTS) is 1. The van der Waals surface area contributed by atoms with E-state index in [2.05, 4.69) is 33.9 Å². The van der Waals surface area contributed by atoms with Crippen molar-refractivity contribution in [3.05, 3.63) is 35.4 Å². The first-order chi connectivity index (χ1) is 10.7. The second kappa shape index (κ2) is 7.15. The van der Waals surface area contributed by atoms with Gasteiger partial charge in [0.05, 0.1) is 11.7 Å². The van der Waals surface area contributed by atoms with E-state index in [1.165, 1.54) is 0 Å². The molecule has 1 aliphatic rings. The Morgan fingerprint density at radius 3 is 2.65 bits per heavy atom. The molecule has 0 aliphatic carbocycles. The fourth-order valence-electron chi connectivity index (χ4n) is 3.07. The molecule has 1 saturated heterocycles. The molecule has 2 rings (SSSR count). The lowest BCUT2D eigenvalue weighted by Gasteiger charge is -2.30. The molecule has 1 heterocycles. The minimum atomic E-state index is -0.994. The Morgan fingerprint density at radius 2 is 2.09 bits per heavy atom. The monoisotopic (exact) mass is 336 g/mol. The third-order valence-electron chi connectivity index (χ3n) is 4.38.